The summed E-state index contributed by atoms with van der Waals surface area (Å²) in [4.78, 5) is 74.7. The number of benzene rings is 2. The Morgan fingerprint density at radius 2 is 1.07 bits per heavy atom. The normalized spacial score (nSPS) is 18.1. The van der Waals surface area contributed by atoms with E-state index in [4.69, 9.17) is 9.72 Å². The van der Waals surface area contributed by atoms with Gasteiger partial charge in [0.15, 0.2) is 0 Å². The SMILES string of the molecule is CC(C)[C@@H](C(=O)N1CCC[C@H]1c1ncc(-c2ccc(-c3ccc(-c4cnc(C5CCCN5C(=O)[C@H](C(C)C)N(C)C(=O)OC(C)(C)C)[nH]4)cc3)cc2)[nH]1)N(C)C(=O)O. The second kappa shape index (κ2) is 17.1. The van der Waals surface area contributed by atoms with Crippen LogP contribution in [0.5, 0.6) is 0 Å². The van der Waals surface area contributed by atoms with Crippen molar-refractivity contribution < 1.29 is 29.0 Å². The van der Waals surface area contributed by atoms with Gasteiger partial charge in [0, 0.05) is 27.2 Å². The number of nitrogens with one attached hydrogen (secondary N) is 2. The Morgan fingerprint density at radius 3 is 1.43 bits per heavy atom. The molecule has 58 heavy (non-hydrogen) atoms. The fourth-order valence-electron chi connectivity index (χ4n) is 8.32. The highest BCUT2D eigenvalue weighted by Gasteiger charge is 2.41. The molecule has 4 aromatic rings. The van der Waals surface area contributed by atoms with Crippen LogP contribution in [0.25, 0.3) is 33.6 Å². The van der Waals surface area contributed by atoms with Crippen molar-refractivity contribution in [1.82, 2.24) is 39.5 Å². The number of imidazole rings is 2. The van der Waals surface area contributed by atoms with Gasteiger partial charge in [0.25, 0.3) is 0 Å². The van der Waals surface area contributed by atoms with E-state index < -0.39 is 29.9 Å². The monoisotopic (exact) mass is 794 g/mol. The van der Waals surface area contributed by atoms with Gasteiger partial charge < -0.3 is 29.6 Å². The molecule has 1 unspecified atom stereocenters. The molecule has 4 atom stereocenters. The van der Waals surface area contributed by atoms with Gasteiger partial charge in [-0.3, -0.25) is 19.4 Å². The van der Waals surface area contributed by atoms with Crippen LogP contribution in [0, 0.1) is 11.8 Å². The standard InChI is InChI=1S/C44H58N8O6/c1-26(2)36(49(8)42(55)56)40(53)51-22-10-12-34(51)38-45-24-32(47-38)30-18-14-28(15-19-30)29-16-20-31(21-17-29)33-25-46-39(48-33)35-13-11-23-52(35)41(54)37(27(3)4)50(9)43(57)58-44(5,6)7/h14-21,24-27,34-37H,10-13,22-23H2,1-9H3,(H,45,47)(H,46,48)(H,55,56)/t34-,35?,36-,37-/m0/s1. The number of aromatic nitrogens is 4. The molecular formula is C44H58N8O6. The number of aromatic amines is 2. The van der Waals surface area contributed by atoms with Gasteiger partial charge >= 0.3 is 12.2 Å². The molecule has 0 saturated carbocycles. The summed E-state index contributed by atoms with van der Waals surface area (Å²) in [6, 6.07) is 14.6. The van der Waals surface area contributed by atoms with Crippen molar-refractivity contribution in [3.8, 4) is 33.6 Å². The van der Waals surface area contributed by atoms with Crippen LogP contribution >= 0.6 is 0 Å². The van der Waals surface area contributed by atoms with Crippen molar-refractivity contribution in [3.05, 3.63) is 72.6 Å². The summed E-state index contributed by atoms with van der Waals surface area (Å²) in [7, 11) is 3.08. The molecule has 2 aliphatic rings. The lowest BCUT2D eigenvalue weighted by Crippen LogP contribution is -2.52. The Bertz CT molecular complexity index is 2080. The number of rotatable bonds is 11. The third kappa shape index (κ3) is 8.90. The smallest absolute Gasteiger partial charge is 0.410 e. The molecule has 0 radical (unpaired) electrons. The van der Waals surface area contributed by atoms with Crippen LogP contribution in [0.2, 0.25) is 0 Å². The van der Waals surface area contributed by atoms with Gasteiger partial charge in [-0.05, 0) is 80.5 Å². The molecule has 14 nitrogen and oxygen atoms in total. The summed E-state index contributed by atoms with van der Waals surface area (Å²) in [6.07, 6.45) is 5.14. The second-order valence-corrected chi connectivity index (χ2v) is 17.3. The van der Waals surface area contributed by atoms with Crippen molar-refractivity contribution in [2.24, 2.45) is 11.8 Å². The van der Waals surface area contributed by atoms with Gasteiger partial charge in [-0.15, -0.1) is 0 Å². The Balaban J connectivity index is 1.11. The van der Waals surface area contributed by atoms with Gasteiger partial charge in [0.05, 0.1) is 35.9 Å². The van der Waals surface area contributed by atoms with E-state index in [2.05, 4.69) is 51.4 Å². The number of amides is 4. The number of nitrogens with zero attached hydrogens (tertiary/aromatic N) is 6. The first-order valence-electron chi connectivity index (χ1n) is 20.3. The Hall–Kier alpha value is -5.66. The zero-order valence-electron chi connectivity index (χ0n) is 35.2. The third-order valence-corrected chi connectivity index (χ3v) is 11.2. The molecule has 2 aromatic heterocycles. The minimum absolute atomic E-state index is 0.109. The number of ether oxygens (including phenoxy) is 1. The molecule has 2 fully saturated rings. The van der Waals surface area contributed by atoms with E-state index in [0.29, 0.717) is 18.9 Å². The average Bonchev–Trinajstić information content (AvgIpc) is 4.01. The van der Waals surface area contributed by atoms with E-state index in [1.165, 1.54) is 11.9 Å². The lowest BCUT2D eigenvalue weighted by atomic mass is 10.0. The van der Waals surface area contributed by atoms with E-state index >= 15 is 0 Å². The summed E-state index contributed by atoms with van der Waals surface area (Å²) in [5.74, 6) is 0.827. The minimum Gasteiger partial charge on any atom is -0.465 e. The number of H-pyrrole nitrogens is 2. The van der Waals surface area contributed by atoms with Crippen molar-refractivity contribution in [1.29, 1.82) is 0 Å². The van der Waals surface area contributed by atoms with Crippen LogP contribution < -0.4 is 0 Å². The summed E-state index contributed by atoms with van der Waals surface area (Å²) >= 11 is 0. The topological polar surface area (TPSA) is 168 Å². The van der Waals surface area contributed by atoms with Gasteiger partial charge in [0.1, 0.15) is 29.3 Å². The van der Waals surface area contributed by atoms with E-state index in [0.717, 1.165) is 70.0 Å². The second-order valence-electron chi connectivity index (χ2n) is 17.3. The van der Waals surface area contributed by atoms with Gasteiger partial charge in [-0.2, -0.15) is 0 Å². The molecule has 2 saturated heterocycles. The highest BCUT2D eigenvalue weighted by atomic mass is 16.6. The lowest BCUT2D eigenvalue weighted by Gasteiger charge is -2.35. The number of likely N-dealkylation sites (N-methyl/N-ethyl adjacent to an activating group) is 2. The Kier molecular flexibility index (Phi) is 12.3. The number of carbonyl (C=O) groups is 4. The Labute approximate surface area is 341 Å². The van der Waals surface area contributed by atoms with Crippen molar-refractivity contribution >= 4 is 24.0 Å². The highest BCUT2D eigenvalue weighted by Crippen LogP contribution is 2.36. The van der Waals surface area contributed by atoms with Gasteiger partial charge in [-0.25, -0.2) is 19.6 Å². The fourth-order valence-corrected chi connectivity index (χ4v) is 8.32. The predicted molar refractivity (Wildman–Crippen MR) is 221 cm³/mol. The molecular weight excluding hydrogens is 737 g/mol. The van der Waals surface area contributed by atoms with Crippen LogP contribution in [0.4, 0.5) is 9.59 Å². The quantitative estimate of drug-likeness (QED) is 0.137. The maximum atomic E-state index is 14.0. The Morgan fingerprint density at radius 1 is 0.690 bits per heavy atom. The fraction of sp³-hybridized carbons (Fsp3) is 0.500. The first kappa shape index (κ1) is 42.0. The number of carbonyl (C=O) groups excluding carboxylic acids is 3. The van der Waals surface area contributed by atoms with Crippen LogP contribution in [-0.4, -0.2) is 114 Å². The number of hydrogen-bond donors (Lipinski definition) is 3. The van der Waals surface area contributed by atoms with Gasteiger partial charge in [-0.1, -0.05) is 76.2 Å². The molecule has 310 valence electrons. The molecule has 14 heteroatoms. The first-order valence-corrected chi connectivity index (χ1v) is 20.3. The molecule has 0 bridgehead atoms. The highest BCUT2D eigenvalue weighted by molar-refractivity contribution is 5.87. The molecule has 2 aromatic carbocycles. The van der Waals surface area contributed by atoms with E-state index in [1.54, 1.807) is 18.1 Å². The predicted octanol–water partition coefficient (Wildman–Crippen LogP) is 7.99. The summed E-state index contributed by atoms with van der Waals surface area (Å²) < 4.78 is 5.58. The van der Waals surface area contributed by atoms with Gasteiger partial charge in [0.2, 0.25) is 11.8 Å². The molecule has 3 N–H and O–H groups in total. The first-order chi connectivity index (χ1) is 27.4. The maximum Gasteiger partial charge on any atom is 0.410 e. The van der Waals surface area contributed by atoms with Crippen molar-refractivity contribution in [2.75, 3.05) is 27.2 Å². The maximum absolute atomic E-state index is 14.0. The van der Waals surface area contributed by atoms with Crippen LogP contribution in [0.15, 0.2) is 60.9 Å². The number of likely N-dealkylation sites (tertiary alicyclic amines) is 2. The number of hydrogen-bond acceptors (Lipinski definition) is 7. The van der Waals surface area contributed by atoms with Crippen LogP contribution in [-0.2, 0) is 14.3 Å². The van der Waals surface area contributed by atoms with Crippen molar-refractivity contribution in [3.63, 3.8) is 0 Å². The average molecular weight is 795 g/mol. The van der Waals surface area contributed by atoms with E-state index in [1.807, 2.05) is 71.7 Å². The molecule has 2 aliphatic heterocycles. The summed E-state index contributed by atoms with van der Waals surface area (Å²) in [5.41, 5.74) is 5.05. The molecule has 0 aliphatic carbocycles. The lowest BCUT2D eigenvalue weighted by molar-refractivity contribution is -0.139. The minimum atomic E-state index is -1.12. The van der Waals surface area contributed by atoms with Crippen LogP contribution in [0.3, 0.4) is 0 Å². The number of carboxylic acid groups (broad SMARTS) is 1. The zero-order chi connectivity index (χ0) is 42.1. The van der Waals surface area contributed by atoms with E-state index in [-0.39, 0.29) is 35.7 Å². The molecule has 4 heterocycles. The zero-order valence-corrected chi connectivity index (χ0v) is 35.2. The van der Waals surface area contributed by atoms with Crippen molar-refractivity contribution in [2.45, 2.75) is 104 Å². The molecule has 4 amide bonds. The molecule has 6 rings (SSSR count). The summed E-state index contributed by atoms with van der Waals surface area (Å²) in [5, 5.41) is 9.59. The largest absolute Gasteiger partial charge is 0.465 e. The summed E-state index contributed by atoms with van der Waals surface area (Å²) in [6.45, 7) is 14.2. The van der Waals surface area contributed by atoms with Crippen LogP contribution in [0.1, 0.15) is 97.9 Å². The van der Waals surface area contributed by atoms with E-state index in [9.17, 15) is 24.3 Å². The molecule has 0 spiro atoms. The third-order valence-electron chi connectivity index (χ3n) is 11.2.